The lowest BCUT2D eigenvalue weighted by Gasteiger charge is -2.11. The van der Waals surface area contributed by atoms with Gasteiger partial charge >= 0.3 is 0 Å². The molecule has 1 unspecified atom stereocenters. The summed E-state index contributed by atoms with van der Waals surface area (Å²) in [7, 11) is 1.84. The van der Waals surface area contributed by atoms with E-state index < -0.39 is 17.7 Å². The molecule has 1 N–H and O–H groups in total. The summed E-state index contributed by atoms with van der Waals surface area (Å²) in [5.74, 6) is -1.23. The van der Waals surface area contributed by atoms with E-state index in [0.29, 0.717) is 18.4 Å². The molecule has 1 atom stereocenters. The quantitative estimate of drug-likeness (QED) is 0.901. The second-order valence-electron chi connectivity index (χ2n) is 4.62. The van der Waals surface area contributed by atoms with E-state index in [-0.39, 0.29) is 6.42 Å². The number of halogens is 2. The Hall–Kier alpha value is -1.75. The topological polar surface area (TPSA) is 38.0 Å². The lowest BCUT2D eigenvalue weighted by Crippen LogP contribution is -2.13. The van der Waals surface area contributed by atoms with E-state index in [2.05, 4.69) is 5.10 Å². The molecule has 3 nitrogen and oxygen atoms in total. The molecule has 2 aromatic rings. The third-order valence-corrected chi connectivity index (χ3v) is 3.05. The van der Waals surface area contributed by atoms with E-state index in [1.165, 1.54) is 12.1 Å². The van der Waals surface area contributed by atoms with Crippen molar-refractivity contribution in [1.29, 1.82) is 0 Å². The number of aryl methyl sites for hydroxylation is 2. The van der Waals surface area contributed by atoms with Gasteiger partial charge in [0.15, 0.2) is 0 Å². The Morgan fingerprint density at radius 1 is 1.26 bits per heavy atom. The molecule has 5 heteroatoms. The first-order chi connectivity index (χ1) is 9.04. The number of hydrogen-bond donors (Lipinski definition) is 1. The monoisotopic (exact) mass is 266 g/mol. The summed E-state index contributed by atoms with van der Waals surface area (Å²) in [4.78, 5) is 0. The first-order valence-corrected chi connectivity index (χ1v) is 6.14. The number of hydrogen-bond acceptors (Lipinski definition) is 2. The molecule has 0 amide bonds. The summed E-state index contributed by atoms with van der Waals surface area (Å²) in [6, 6.07) is 5.20. The van der Waals surface area contributed by atoms with Crippen molar-refractivity contribution in [3.8, 4) is 0 Å². The normalized spacial score (nSPS) is 12.6. The maximum absolute atomic E-state index is 13.0. The van der Waals surface area contributed by atoms with Crippen molar-refractivity contribution in [2.45, 2.75) is 25.4 Å². The largest absolute Gasteiger partial charge is 0.393 e. The summed E-state index contributed by atoms with van der Waals surface area (Å²) in [6.45, 7) is 0. The number of aliphatic hydroxyl groups excluding tert-OH is 1. The van der Waals surface area contributed by atoms with Gasteiger partial charge in [0.25, 0.3) is 0 Å². The molecular formula is C14H16F2N2O. The van der Waals surface area contributed by atoms with Crippen molar-refractivity contribution >= 4 is 0 Å². The maximum atomic E-state index is 13.0. The van der Waals surface area contributed by atoms with Gasteiger partial charge in [-0.3, -0.25) is 4.68 Å². The van der Waals surface area contributed by atoms with Crippen molar-refractivity contribution in [3.63, 3.8) is 0 Å². The van der Waals surface area contributed by atoms with Gasteiger partial charge in [-0.1, -0.05) is 0 Å². The number of aliphatic hydroxyl groups is 1. The predicted molar refractivity (Wildman–Crippen MR) is 67.6 cm³/mol. The molecule has 1 aromatic carbocycles. The molecule has 0 radical (unpaired) electrons. The number of benzene rings is 1. The standard InChI is InChI=1S/C14H16F2N2O/c1-18-13(4-5-17-18)2-3-14(19)8-10-6-11(15)9-12(16)7-10/h4-7,9,14,19H,2-3,8H2,1H3. The summed E-state index contributed by atoms with van der Waals surface area (Å²) in [6.07, 6.45) is 2.51. The van der Waals surface area contributed by atoms with Crippen LogP contribution >= 0.6 is 0 Å². The molecule has 0 saturated carbocycles. The zero-order chi connectivity index (χ0) is 13.8. The summed E-state index contributed by atoms with van der Waals surface area (Å²) in [5, 5.41) is 13.9. The average molecular weight is 266 g/mol. The smallest absolute Gasteiger partial charge is 0.126 e. The minimum absolute atomic E-state index is 0.243. The Morgan fingerprint density at radius 3 is 2.53 bits per heavy atom. The van der Waals surface area contributed by atoms with Gasteiger partial charge in [-0.2, -0.15) is 5.10 Å². The fraction of sp³-hybridized carbons (Fsp3) is 0.357. The molecule has 0 fully saturated rings. The second-order valence-corrected chi connectivity index (χ2v) is 4.62. The fourth-order valence-electron chi connectivity index (χ4n) is 2.06. The van der Waals surface area contributed by atoms with Crippen molar-refractivity contribution in [1.82, 2.24) is 9.78 Å². The fourth-order valence-corrected chi connectivity index (χ4v) is 2.06. The first-order valence-electron chi connectivity index (χ1n) is 6.14. The van der Waals surface area contributed by atoms with E-state index >= 15 is 0 Å². The minimum atomic E-state index is -0.629. The van der Waals surface area contributed by atoms with Crippen molar-refractivity contribution in [3.05, 3.63) is 53.4 Å². The molecule has 0 bridgehead atoms. The van der Waals surface area contributed by atoms with Gasteiger partial charge in [0.05, 0.1) is 6.10 Å². The van der Waals surface area contributed by atoms with Crippen LogP contribution in [0.15, 0.2) is 30.5 Å². The summed E-state index contributed by atoms with van der Waals surface area (Å²) < 4.78 is 27.8. The van der Waals surface area contributed by atoms with Gasteiger partial charge in [-0.15, -0.1) is 0 Å². The third kappa shape index (κ3) is 3.86. The Balaban J connectivity index is 1.90. The van der Waals surface area contributed by atoms with Crippen LogP contribution in [0.2, 0.25) is 0 Å². The predicted octanol–water partition coefficient (Wildman–Crippen LogP) is 2.23. The van der Waals surface area contributed by atoms with Gasteiger partial charge in [0, 0.05) is 25.0 Å². The molecule has 1 heterocycles. The van der Waals surface area contributed by atoms with Crippen molar-refractivity contribution in [2.24, 2.45) is 7.05 Å². The van der Waals surface area contributed by atoms with E-state index in [1.807, 2.05) is 13.1 Å². The van der Waals surface area contributed by atoms with Crippen LogP contribution in [0.4, 0.5) is 8.78 Å². The number of aromatic nitrogens is 2. The number of rotatable bonds is 5. The van der Waals surface area contributed by atoms with Gasteiger partial charge in [0.2, 0.25) is 0 Å². The summed E-state index contributed by atoms with van der Waals surface area (Å²) >= 11 is 0. The number of nitrogens with zero attached hydrogens (tertiary/aromatic N) is 2. The highest BCUT2D eigenvalue weighted by Crippen LogP contribution is 2.13. The second kappa shape index (κ2) is 5.93. The third-order valence-electron chi connectivity index (χ3n) is 3.05. The average Bonchev–Trinajstić information content (AvgIpc) is 2.71. The molecule has 0 aliphatic rings. The van der Waals surface area contributed by atoms with E-state index in [9.17, 15) is 13.9 Å². The lowest BCUT2D eigenvalue weighted by molar-refractivity contribution is 0.164. The molecule has 0 aliphatic heterocycles. The van der Waals surface area contributed by atoms with Gasteiger partial charge in [-0.25, -0.2) is 8.78 Å². The van der Waals surface area contributed by atoms with Crippen LogP contribution in [0.1, 0.15) is 17.7 Å². The van der Waals surface area contributed by atoms with Gasteiger partial charge in [-0.05, 0) is 43.0 Å². The van der Waals surface area contributed by atoms with E-state index in [4.69, 9.17) is 0 Å². The Morgan fingerprint density at radius 2 is 1.95 bits per heavy atom. The van der Waals surface area contributed by atoms with Crippen LogP contribution in [-0.4, -0.2) is 21.0 Å². The lowest BCUT2D eigenvalue weighted by atomic mass is 10.0. The van der Waals surface area contributed by atoms with Gasteiger partial charge < -0.3 is 5.11 Å². The van der Waals surface area contributed by atoms with Gasteiger partial charge in [0.1, 0.15) is 11.6 Å². The zero-order valence-electron chi connectivity index (χ0n) is 10.7. The highest BCUT2D eigenvalue weighted by atomic mass is 19.1. The molecule has 0 spiro atoms. The maximum Gasteiger partial charge on any atom is 0.126 e. The minimum Gasteiger partial charge on any atom is -0.393 e. The van der Waals surface area contributed by atoms with Crippen LogP contribution in [0.5, 0.6) is 0 Å². The first kappa shape index (κ1) is 13.7. The van der Waals surface area contributed by atoms with Crippen LogP contribution < -0.4 is 0 Å². The van der Waals surface area contributed by atoms with Crippen LogP contribution in [-0.2, 0) is 19.9 Å². The molecule has 102 valence electrons. The molecule has 2 rings (SSSR count). The molecule has 1 aromatic heterocycles. The zero-order valence-corrected chi connectivity index (χ0v) is 10.7. The van der Waals surface area contributed by atoms with Crippen LogP contribution in [0.3, 0.4) is 0 Å². The van der Waals surface area contributed by atoms with Crippen molar-refractivity contribution < 1.29 is 13.9 Å². The molecule has 0 saturated heterocycles. The van der Waals surface area contributed by atoms with Crippen molar-refractivity contribution in [2.75, 3.05) is 0 Å². The molecule has 0 aliphatic carbocycles. The van der Waals surface area contributed by atoms with E-state index in [0.717, 1.165) is 11.8 Å². The highest BCUT2D eigenvalue weighted by Gasteiger charge is 2.09. The molecule has 19 heavy (non-hydrogen) atoms. The van der Waals surface area contributed by atoms with E-state index in [1.54, 1.807) is 10.9 Å². The SMILES string of the molecule is Cn1nccc1CCC(O)Cc1cc(F)cc(F)c1. The van der Waals surface area contributed by atoms with Crippen LogP contribution in [0, 0.1) is 11.6 Å². The molecular weight excluding hydrogens is 250 g/mol. The Labute approximate surface area is 110 Å². The highest BCUT2D eigenvalue weighted by molar-refractivity contribution is 5.18. The van der Waals surface area contributed by atoms with Crippen LogP contribution in [0.25, 0.3) is 0 Å². The Kier molecular flexibility index (Phi) is 4.27. The summed E-state index contributed by atoms with van der Waals surface area (Å²) in [5.41, 5.74) is 1.49. The Bertz CT molecular complexity index is 534.